The van der Waals surface area contributed by atoms with Crippen molar-refractivity contribution in [2.45, 2.75) is 0 Å². The number of amides is 1. The fourth-order valence-electron chi connectivity index (χ4n) is 4.08. The molecule has 3 aromatic carbocycles. The molecule has 1 amide bonds. The Balaban J connectivity index is 1.44. The summed E-state index contributed by atoms with van der Waals surface area (Å²) in [6.45, 7) is 0. The van der Waals surface area contributed by atoms with Crippen molar-refractivity contribution in [2.24, 2.45) is 4.99 Å². The van der Waals surface area contributed by atoms with Crippen LogP contribution >= 0.6 is 11.8 Å². The number of amidine groups is 1. The van der Waals surface area contributed by atoms with Gasteiger partial charge in [0, 0.05) is 12.1 Å². The number of methoxy groups -OCH3 is 3. The molecule has 0 radical (unpaired) electrons. The molecule has 5 rings (SSSR count). The molecule has 0 bridgehead atoms. The number of carbonyl (C=O) groups is 2. The summed E-state index contributed by atoms with van der Waals surface area (Å²) in [5.41, 5.74) is 1.61. The number of anilines is 1. The zero-order chi connectivity index (χ0) is 28.9. The molecule has 0 saturated carbocycles. The van der Waals surface area contributed by atoms with E-state index in [0.717, 1.165) is 16.4 Å². The van der Waals surface area contributed by atoms with E-state index >= 15 is 0 Å². The third kappa shape index (κ3) is 5.63. The second-order valence-corrected chi connectivity index (χ2v) is 9.49. The zero-order valence-corrected chi connectivity index (χ0v) is 23.1. The van der Waals surface area contributed by atoms with Gasteiger partial charge in [0.15, 0.2) is 22.6 Å². The number of aliphatic imine (C=N–C) groups is 1. The molecule has 0 fully saturated rings. The van der Waals surface area contributed by atoms with Gasteiger partial charge in [-0.05, 0) is 52.7 Å². The number of aromatic nitrogens is 2. The first kappa shape index (κ1) is 27.5. The van der Waals surface area contributed by atoms with Gasteiger partial charge in [0.2, 0.25) is 11.5 Å². The summed E-state index contributed by atoms with van der Waals surface area (Å²) < 4.78 is 21.8. The minimum Gasteiger partial charge on any atom is -0.539 e. The number of Topliss-reactive ketones (excluding diaryl/α,β-unsaturated/α-hetero) is 1. The second kappa shape index (κ2) is 12.0. The van der Waals surface area contributed by atoms with Gasteiger partial charge in [0.05, 0.1) is 38.0 Å². The number of hydrogen-bond donors (Lipinski definition) is 0. The molecule has 2 heterocycles. The molecule has 0 atom stereocenters. The van der Waals surface area contributed by atoms with E-state index in [1.165, 1.54) is 26.2 Å². The van der Waals surface area contributed by atoms with Gasteiger partial charge in [0.1, 0.15) is 11.4 Å². The van der Waals surface area contributed by atoms with Crippen molar-refractivity contribution in [3.05, 3.63) is 89.8 Å². The summed E-state index contributed by atoms with van der Waals surface area (Å²) in [6, 6.07) is 20.8. The molecular formula is C29H24N4O7S. The second-order valence-electron chi connectivity index (χ2n) is 8.55. The number of para-hydroxylation sites is 1. The van der Waals surface area contributed by atoms with Crippen LogP contribution in [0.2, 0.25) is 0 Å². The van der Waals surface area contributed by atoms with Crippen molar-refractivity contribution < 1.29 is 38.1 Å². The standard InChI is InChI=1S/C29H24N4O7S/c1-37-21-12-10-20(11-13-21)33-26(28(36)40-31-33)23(34)17-41-29-30-22(27(35)32(29)19-7-5-4-6-8-19)15-18-9-14-24(38-2)25(16-18)39-3/h4-16H,17H2,1-3H3/b22-15+. The Hall–Kier alpha value is -5.10. The molecule has 0 saturated heterocycles. The maximum absolute atomic E-state index is 13.5. The molecule has 4 aromatic rings. The maximum Gasteiger partial charge on any atom is 0.307 e. The highest BCUT2D eigenvalue weighted by Gasteiger charge is 2.34. The van der Waals surface area contributed by atoms with Crippen LogP contribution in [0, 0.1) is 0 Å². The summed E-state index contributed by atoms with van der Waals surface area (Å²) in [5.74, 6) is -0.332. The number of hydrogen-bond acceptors (Lipinski definition) is 10. The van der Waals surface area contributed by atoms with E-state index in [1.54, 1.807) is 72.8 Å². The highest BCUT2D eigenvalue weighted by Crippen LogP contribution is 2.32. The van der Waals surface area contributed by atoms with Crippen LogP contribution in [0.3, 0.4) is 0 Å². The number of carbonyl (C=O) groups excluding carboxylic acids is 2. The summed E-state index contributed by atoms with van der Waals surface area (Å²) in [6.07, 6.45) is 1.63. The predicted molar refractivity (Wildman–Crippen MR) is 150 cm³/mol. The summed E-state index contributed by atoms with van der Waals surface area (Å²) in [4.78, 5) is 32.8. The molecule has 0 spiro atoms. The van der Waals surface area contributed by atoms with Crippen molar-refractivity contribution in [1.29, 1.82) is 0 Å². The van der Waals surface area contributed by atoms with Crippen LogP contribution < -0.4 is 28.9 Å². The van der Waals surface area contributed by atoms with Gasteiger partial charge in [-0.25, -0.2) is 4.99 Å². The monoisotopic (exact) mass is 572 g/mol. The molecule has 1 aliphatic heterocycles. The van der Waals surface area contributed by atoms with Gasteiger partial charge in [0.25, 0.3) is 5.91 Å². The Morgan fingerprint density at radius 2 is 1.73 bits per heavy atom. The van der Waals surface area contributed by atoms with E-state index in [-0.39, 0.29) is 28.2 Å². The van der Waals surface area contributed by atoms with E-state index in [1.807, 2.05) is 6.07 Å². The van der Waals surface area contributed by atoms with Gasteiger partial charge in [-0.3, -0.25) is 14.5 Å². The van der Waals surface area contributed by atoms with E-state index in [0.29, 0.717) is 34.2 Å². The molecule has 208 valence electrons. The molecule has 11 nitrogen and oxygen atoms in total. The topological polar surface area (TPSA) is 130 Å². The average molecular weight is 573 g/mol. The Bertz CT molecular complexity index is 1650. The SMILES string of the molecule is COc1ccc(-[n+]2noc([O-])c2C(=O)CSC2=N/C(=C/c3ccc(OC)c(OC)c3)C(=O)N2c2ccccc2)cc1. The van der Waals surface area contributed by atoms with Crippen molar-refractivity contribution in [1.82, 2.24) is 5.27 Å². The van der Waals surface area contributed by atoms with E-state index in [4.69, 9.17) is 18.7 Å². The van der Waals surface area contributed by atoms with Crippen molar-refractivity contribution in [3.63, 3.8) is 0 Å². The molecule has 0 N–H and O–H groups in total. The normalized spacial score (nSPS) is 13.8. The van der Waals surface area contributed by atoms with Gasteiger partial charge in [-0.1, -0.05) is 36.0 Å². The Morgan fingerprint density at radius 1 is 1.00 bits per heavy atom. The first-order valence-electron chi connectivity index (χ1n) is 12.2. The van der Waals surface area contributed by atoms with Crippen LogP contribution in [0.25, 0.3) is 11.8 Å². The Kier molecular flexibility index (Phi) is 8.01. The minimum atomic E-state index is -0.871. The molecule has 0 aliphatic carbocycles. The van der Waals surface area contributed by atoms with Crippen LogP contribution in [0.4, 0.5) is 5.69 Å². The fraction of sp³-hybridized carbons (Fsp3) is 0.138. The molecule has 1 aromatic heterocycles. The van der Waals surface area contributed by atoms with Gasteiger partial charge in [-0.2, -0.15) is 0 Å². The maximum atomic E-state index is 13.5. The van der Waals surface area contributed by atoms with E-state index in [2.05, 4.69) is 10.3 Å². The number of rotatable bonds is 9. The number of nitrogens with zero attached hydrogens (tertiary/aromatic N) is 4. The van der Waals surface area contributed by atoms with Crippen LogP contribution in [0.5, 0.6) is 23.2 Å². The van der Waals surface area contributed by atoms with E-state index in [9.17, 15) is 14.7 Å². The van der Waals surface area contributed by atoms with Crippen LogP contribution in [0.15, 0.2) is 88.0 Å². The molecule has 0 unspecified atom stereocenters. The molecule has 12 heteroatoms. The largest absolute Gasteiger partial charge is 0.539 e. The summed E-state index contributed by atoms with van der Waals surface area (Å²) in [7, 11) is 4.60. The van der Waals surface area contributed by atoms with E-state index < -0.39 is 11.7 Å². The quantitative estimate of drug-likeness (QED) is 0.168. The fourth-order valence-corrected chi connectivity index (χ4v) is 4.95. The highest BCUT2D eigenvalue weighted by molar-refractivity contribution is 8.14. The summed E-state index contributed by atoms with van der Waals surface area (Å²) >= 11 is 1.02. The smallest absolute Gasteiger partial charge is 0.307 e. The van der Waals surface area contributed by atoms with Crippen LogP contribution in [0.1, 0.15) is 16.1 Å². The first-order chi connectivity index (χ1) is 19.9. The molecular weight excluding hydrogens is 548 g/mol. The first-order valence-corrected chi connectivity index (χ1v) is 13.2. The predicted octanol–water partition coefficient (Wildman–Crippen LogP) is 3.41. The van der Waals surface area contributed by atoms with Gasteiger partial charge >= 0.3 is 5.69 Å². The third-order valence-electron chi connectivity index (χ3n) is 6.08. The van der Waals surface area contributed by atoms with Gasteiger partial charge in [-0.15, -0.1) is 0 Å². The zero-order valence-electron chi connectivity index (χ0n) is 22.3. The van der Waals surface area contributed by atoms with Gasteiger partial charge < -0.3 is 23.8 Å². The lowest BCUT2D eigenvalue weighted by atomic mass is 10.1. The lowest BCUT2D eigenvalue weighted by Crippen LogP contribution is -2.39. The Labute approximate surface area is 239 Å². The average Bonchev–Trinajstić information content (AvgIpc) is 3.55. The highest BCUT2D eigenvalue weighted by atomic mass is 32.2. The lowest BCUT2D eigenvalue weighted by Gasteiger charge is -2.17. The number of ketones is 1. The number of thioether (sulfide) groups is 1. The van der Waals surface area contributed by atoms with Crippen molar-refractivity contribution in [2.75, 3.05) is 32.0 Å². The number of benzene rings is 3. The van der Waals surface area contributed by atoms with Crippen LogP contribution in [-0.4, -0.2) is 49.2 Å². The molecule has 1 aliphatic rings. The minimum absolute atomic E-state index is 0.166. The summed E-state index contributed by atoms with van der Waals surface area (Å²) in [5, 5.41) is 16.5. The van der Waals surface area contributed by atoms with Crippen molar-refractivity contribution >= 4 is 40.4 Å². The Morgan fingerprint density at radius 3 is 2.41 bits per heavy atom. The molecule has 41 heavy (non-hydrogen) atoms. The van der Waals surface area contributed by atoms with Crippen molar-refractivity contribution in [3.8, 4) is 28.9 Å². The number of ether oxygens (including phenoxy) is 3. The van der Waals surface area contributed by atoms with Crippen LogP contribution in [-0.2, 0) is 4.79 Å². The lowest BCUT2D eigenvalue weighted by molar-refractivity contribution is -0.672. The third-order valence-corrected chi connectivity index (χ3v) is 7.02.